The number of nitrogens with zero attached hydrogens (tertiary/aromatic N) is 5. The number of carboxylic acids is 1. The van der Waals surface area contributed by atoms with Crippen molar-refractivity contribution in [2.24, 2.45) is 0 Å². The summed E-state index contributed by atoms with van der Waals surface area (Å²) in [6.45, 7) is 1.76. The first-order chi connectivity index (χ1) is 13.9. The molecule has 1 heterocycles. The molecule has 1 N–H and O–H groups in total. The van der Waals surface area contributed by atoms with E-state index in [0.29, 0.717) is 16.1 Å². The van der Waals surface area contributed by atoms with Crippen LogP contribution < -0.4 is 15.3 Å². The smallest absolute Gasteiger partial charge is 0.377 e. The Bertz CT molecular complexity index is 1140. The molecule has 0 bridgehead atoms. The van der Waals surface area contributed by atoms with Crippen LogP contribution in [0.25, 0.3) is 5.69 Å². The number of carbonyl (C=O) groups excluding carboxylic acids is 1. The second kappa shape index (κ2) is 8.15. The summed E-state index contributed by atoms with van der Waals surface area (Å²) in [5.74, 6) is -0.802. The summed E-state index contributed by atoms with van der Waals surface area (Å²) < 4.78 is 6.71. The Balaban J connectivity index is 2.05. The zero-order chi connectivity index (χ0) is 21.1. The molecule has 10 nitrogen and oxygen atoms in total. The van der Waals surface area contributed by atoms with Crippen LogP contribution in [0.2, 0.25) is 5.02 Å². The number of ether oxygens (including phenoxy) is 1. The van der Waals surface area contributed by atoms with Gasteiger partial charge in [-0.2, -0.15) is 4.68 Å². The highest BCUT2D eigenvalue weighted by Crippen LogP contribution is 2.27. The predicted octanol–water partition coefficient (Wildman–Crippen LogP) is 2.28. The van der Waals surface area contributed by atoms with Crippen molar-refractivity contribution in [2.75, 3.05) is 18.6 Å². The maximum atomic E-state index is 13.0. The molecule has 3 rings (SSSR count). The van der Waals surface area contributed by atoms with E-state index >= 15 is 0 Å². The molecule has 0 aliphatic carbocycles. The highest BCUT2D eigenvalue weighted by Gasteiger charge is 2.25. The predicted molar refractivity (Wildman–Crippen MR) is 104 cm³/mol. The van der Waals surface area contributed by atoms with Crippen molar-refractivity contribution >= 4 is 29.3 Å². The number of halogens is 1. The van der Waals surface area contributed by atoms with Crippen LogP contribution in [0, 0.1) is 0 Å². The lowest BCUT2D eigenvalue weighted by atomic mass is 10.2. The minimum Gasteiger partial charge on any atom is -0.494 e. The highest BCUT2D eigenvalue weighted by molar-refractivity contribution is 6.34. The third kappa shape index (κ3) is 3.69. The molecule has 11 heteroatoms. The third-order valence-corrected chi connectivity index (χ3v) is 4.43. The molecule has 0 atom stereocenters. The monoisotopic (exact) mass is 417 g/mol. The fourth-order valence-electron chi connectivity index (χ4n) is 2.70. The maximum Gasteiger partial charge on any atom is 0.377 e. The van der Waals surface area contributed by atoms with E-state index in [2.05, 4.69) is 10.4 Å². The van der Waals surface area contributed by atoms with Gasteiger partial charge in [-0.1, -0.05) is 23.7 Å². The van der Waals surface area contributed by atoms with Gasteiger partial charge < -0.3 is 9.84 Å². The average Bonchev–Trinajstić information content (AvgIpc) is 3.10. The Labute approximate surface area is 169 Å². The minimum atomic E-state index is -1.18. The number of tetrazole rings is 1. The first-order valence-corrected chi connectivity index (χ1v) is 8.80. The molecule has 2 aromatic carbocycles. The zero-order valence-electron chi connectivity index (χ0n) is 15.4. The van der Waals surface area contributed by atoms with E-state index in [4.69, 9.17) is 16.3 Å². The summed E-state index contributed by atoms with van der Waals surface area (Å²) in [5.41, 5.74) is -0.421. The third-order valence-electron chi connectivity index (χ3n) is 4.11. The SMILES string of the molecule is CCN(C(=O)n1nnn(-c2ccccc2OC)c1=O)c1cc(C(=O)O)ccc1Cl. The second-order valence-electron chi connectivity index (χ2n) is 5.76. The molecular formula is C18H16ClN5O5. The van der Waals surface area contributed by atoms with Gasteiger partial charge in [-0.15, -0.1) is 4.68 Å². The fourth-order valence-corrected chi connectivity index (χ4v) is 2.92. The van der Waals surface area contributed by atoms with Crippen LogP contribution in [0.3, 0.4) is 0 Å². The Kier molecular flexibility index (Phi) is 5.64. The Morgan fingerprint density at radius 1 is 1.21 bits per heavy atom. The maximum absolute atomic E-state index is 13.0. The number of carboxylic acid groups (broad SMARTS) is 1. The van der Waals surface area contributed by atoms with Crippen LogP contribution in [0.1, 0.15) is 17.3 Å². The average molecular weight is 418 g/mol. The van der Waals surface area contributed by atoms with Crippen molar-refractivity contribution in [3.8, 4) is 11.4 Å². The van der Waals surface area contributed by atoms with Gasteiger partial charge in [0.2, 0.25) is 0 Å². The molecule has 0 saturated carbocycles. The number of hydrogen-bond acceptors (Lipinski definition) is 6. The molecule has 29 heavy (non-hydrogen) atoms. The summed E-state index contributed by atoms with van der Waals surface area (Å²) in [6.07, 6.45) is 0. The highest BCUT2D eigenvalue weighted by atomic mass is 35.5. The molecule has 0 unspecified atom stereocenters. The molecule has 1 amide bonds. The van der Waals surface area contributed by atoms with Crippen molar-refractivity contribution in [2.45, 2.75) is 6.92 Å². The van der Waals surface area contributed by atoms with Gasteiger partial charge >= 0.3 is 17.7 Å². The first kappa shape index (κ1) is 20.1. The van der Waals surface area contributed by atoms with Gasteiger partial charge in [-0.3, -0.25) is 4.90 Å². The number of anilines is 1. The Morgan fingerprint density at radius 2 is 1.93 bits per heavy atom. The van der Waals surface area contributed by atoms with E-state index in [0.717, 1.165) is 9.58 Å². The lowest BCUT2D eigenvalue weighted by Crippen LogP contribution is -2.41. The van der Waals surface area contributed by atoms with Gasteiger partial charge in [0, 0.05) is 6.54 Å². The Hall–Kier alpha value is -3.66. The van der Waals surface area contributed by atoms with Gasteiger partial charge in [0.05, 0.1) is 23.4 Å². The van der Waals surface area contributed by atoms with Crippen LogP contribution in [-0.4, -0.2) is 50.6 Å². The summed E-state index contributed by atoms with van der Waals surface area (Å²) in [5, 5.41) is 16.8. The van der Waals surface area contributed by atoms with Crippen molar-refractivity contribution in [3.05, 3.63) is 63.5 Å². The van der Waals surface area contributed by atoms with Crippen LogP contribution in [0.4, 0.5) is 10.5 Å². The number of methoxy groups -OCH3 is 1. The number of para-hydroxylation sites is 2. The molecule has 0 aliphatic rings. The van der Waals surface area contributed by atoms with Crippen LogP contribution >= 0.6 is 11.6 Å². The molecule has 3 aromatic rings. The van der Waals surface area contributed by atoms with E-state index in [9.17, 15) is 19.5 Å². The summed E-state index contributed by atoms with van der Waals surface area (Å²) in [6, 6.07) is 9.73. The van der Waals surface area contributed by atoms with Gasteiger partial charge in [0.25, 0.3) is 0 Å². The van der Waals surface area contributed by atoms with Crippen molar-refractivity contribution in [1.82, 2.24) is 19.8 Å². The molecule has 0 saturated heterocycles. The fraction of sp³-hybridized carbons (Fsp3) is 0.167. The molecule has 0 radical (unpaired) electrons. The van der Waals surface area contributed by atoms with Crippen molar-refractivity contribution < 1.29 is 19.4 Å². The van der Waals surface area contributed by atoms with Crippen LogP contribution in [0.5, 0.6) is 5.75 Å². The largest absolute Gasteiger partial charge is 0.494 e. The van der Waals surface area contributed by atoms with Crippen LogP contribution in [-0.2, 0) is 0 Å². The second-order valence-corrected chi connectivity index (χ2v) is 6.16. The van der Waals surface area contributed by atoms with Crippen molar-refractivity contribution in [1.29, 1.82) is 0 Å². The number of hydrogen-bond donors (Lipinski definition) is 1. The van der Waals surface area contributed by atoms with E-state index < -0.39 is 17.7 Å². The number of amides is 1. The van der Waals surface area contributed by atoms with E-state index in [-0.39, 0.29) is 22.8 Å². The van der Waals surface area contributed by atoms with E-state index in [1.807, 2.05) is 0 Å². The minimum absolute atomic E-state index is 0.0549. The Morgan fingerprint density at radius 3 is 2.59 bits per heavy atom. The summed E-state index contributed by atoms with van der Waals surface area (Å²) in [7, 11) is 1.44. The summed E-state index contributed by atoms with van der Waals surface area (Å²) >= 11 is 6.15. The standard InChI is InChI=1S/C18H16ClN5O5/c1-3-22(14-10-11(16(25)26)8-9-12(14)19)17(27)24-18(28)23(20-21-24)13-6-4-5-7-15(13)29-2/h4-10H,3H2,1-2H3,(H,25,26). The number of benzene rings is 2. The van der Waals surface area contributed by atoms with Gasteiger partial charge in [0.1, 0.15) is 11.4 Å². The van der Waals surface area contributed by atoms with Gasteiger partial charge in [-0.05, 0) is 47.7 Å². The zero-order valence-corrected chi connectivity index (χ0v) is 16.2. The molecule has 0 fully saturated rings. The van der Waals surface area contributed by atoms with Gasteiger partial charge in [0.15, 0.2) is 0 Å². The van der Waals surface area contributed by atoms with Gasteiger partial charge in [-0.25, -0.2) is 14.4 Å². The van der Waals surface area contributed by atoms with E-state index in [1.165, 1.54) is 25.3 Å². The first-order valence-electron chi connectivity index (χ1n) is 8.42. The normalized spacial score (nSPS) is 10.6. The van der Waals surface area contributed by atoms with Crippen LogP contribution in [0.15, 0.2) is 47.3 Å². The molecule has 1 aromatic heterocycles. The molecule has 150 valence electrons. The summed E-state index contributed by atoms with van der Waals surface area (Å²) in [4.78, 5) is 38.1. The number of carbonyl (C=O) groups is 2. The molecule has 0 aliphatic heterocycles. The topological polar surface area (TPSA) is 120 Å². The lowest BCUT2D eigenvalue weighted by molar-refractivity contribution is 0.0697. The number of rotatable bonds is 5. The lowest BCUT2D eigenvalue weighted by Gasteiger charge is -2.21. The number of aromatic carboxylic acids is 1. The number of aromatic nitrogens is 4. The molecule has 0 spiro atoms. The quantitative estimate of drug-likeness (QED) is 0.632. The van der Waals surface area contributed by atoms with E-state index in [1.54, 1.807) is 31.2 Å². The van der Waals surface area contributed by atoms with Crippen molar-refractivity contribution in [3.63, 3.8) is 0 Å². The molecular weight excluding hydrogens is 402 g/mol.